The first-order valence-corrected chi connectivity index (χ1v) is 6.41. The molecule has 0 aromatic rings. The van der Waals surface area contributed by atoms with Crippen LogP contribution in [0.2, 0.25) is 0 Å². The van der Waals surface area contributed by atoms with Gasteiger partial charge in [0.25, 0.3) is 0 Å². The number of hydrogen-bond acceptors (Lipinski definition) is 1. The van der Waals surface area contributed by atoms with Gasteiger partial charge in [0, 0.05) is 0 Å². The molecular weight excluding hydrogens is 172 g/mol. The van der Waals surface area contributed by atoms with Crippen molar-refractivity contribution >= 4 is 0 Å². The highest BCUT2D eigenvalue weighted by molar-refractivity contribution is 5.21. The van der Waals surface area contributed by atoms with E-state index < -0.39 is 0 Å². The van der Waals surface area contributed by atoms with Crippen molar-refractivity contribution in [2.75, 3.05) is 0 Å². The molecule has 3 rings (SSSR count). The lowest BCUT2D eigenvalue weighted by Crippen LogP contribution is -2.35. The third-order valence-corrected chi connectivity index (χ3v) is 5.46. The fourth-order valence-electron chi connectivity index (χ4n) is 4.54. The first-order valence-electron chi connectivity index (χ1n) is 6.41. The van der Waals surface area contributed by atoms with Crippen molar-refractivity contribution in [3.8, 4) is 0 Å². The summed E-state index contributed by atoms with van der Waals surface area (Å²) in [6.07, 6.45) is 10.6. The zero-order chi connectivity index (χ0) is 9.81. The molecule has 0 radical (unpaired) electrons. The van der Waals surface area contributed by atoms with Gasteiger partial charge in [0.1, 0.15) is 0 Å². The maximum absolute atomic E-state index is 10.8. The topological polar surface area (TPSA) is 20.2 Å². The Balaban J connectivity index is 1.84. The quantitative estimate of drug-likeness (QED) is 0.680. The fraction of sp³-hybridized carbons (Fsp3) is 1.00. The zero-order valence-corrected chi connectivity index (χ0v) is 9.26. The van der Waals surface area contributed by atoms with Crippen LogP contribution in [0, 0.1) is 17.3 Å². The molecule has 2 unspecified atom stereocenters. The van der Waals surface area contributed by atoms with E-state index >= 15 is 0 Å². The van der Waals surface area contributed by atoms with Gasteiger partial charge in [-0.1, -0.05) is 32.6 Å². The van der Waals surface area contributed by atoms with Gasteiger partial charge >= 0.3 is 0 Å². The van der Waals surface area contributed by atoms with E-state index in [2.05, 4.69) is 6.92 Å². The molecule has 0 heterocycles. The number of aliphatic hydroxyl groups is 1. The van der Waals surface area contributed by atoms with E-state index in [-0.39, 0.29) is 11.0 Å². The molecule has 1 nitrogen and oxygen atoms in total. The molecule has 0 aromatic heterocycles. The lowest BCUT2D eigenvalue weighted by molar-refractivity contribution is -0.00838. The smallest absolute Gasteiger partial charge is 0.0764 e. The molecule has 1 heteroatoms. The molecule has 3 saturated carbocycles. The zero-order valence-electron chi connectivity index (χ0n) is 9.26. The number of rotatable bonds is 1. The molecule has 3 aliphatic rings. The minimum atomic E-state index is -0.236. The Kier molecular flexibility index (Phi) is 1.81. The van der Waals surface area contributed by atoms with Crippen LogP contribution in [-0.2, 0) is 0 Å². The summed E-state index contributed by atoms with van der Waals surface area (Å²) < 4.78 is 0. The molecule has 0 saturated heterocycles. The van der Waals surface area contributed by atoms with Crippen molar-refractivity contribution in [1.82, 2.24) is 0 Å². The van der Waals surface area contributed by atoms with E-state index in [4.69, 9.17) is 0 Å². The Labute approximate surface area is 86.9 Å². The molecule has 0 aromatic carbocycles. The second kappa shape index (κ2) is 2.75. The highest BCUT2D eigenvalue weighted by Gasteiger charge is 2.71. The Morgan fingerprint density at radius 3 is 1.93 bits per heavy atom. The van der Waals surface area contributed by atoms with Crippen LogP contribution in [0.3, 0.4) is 0 Å². The van der Waals surface area contributed by atoms with Gasteiger partial charge in [0.15, 0.2) is 0 Å². The van der Waals surface area contributed by atoms with Crippen molar-refractivity contribution in [2.45, 2.75) is 63.9 Å². The second-order valence-electron chi connectivity index (χ2n) is 6.09. The van der Waals surface area contributed by atoms with Gasteiger partial charge in [-0.3, -0.25) is 0 Å². The molecule has 0 amide bonds. The van der Waals surface area contributed by atoms with Gasteiger partial charge in [0.2, 0.25) is 0 Å². The van der Waals surface area contributed by atoms with E-state index in [1.807, 2.05) is 0 Å². The second-order valence-corrected chi connectivity index (χ2v) is 6.09. The Bertz CT molecular complexity index is 228. The van der Waals surface area contributed by atoms with Crippen LogP contribution < -0.4 is 0 Å². The molecule has 80 valence electrons. The van der Waals surface area contributed by atoms with Crippen LogP contribution in [0.1, 0.15) is 58.3 Å². The highest BCUT2D eigenvalue weighted by atomic mass is 16.3. The summed E-state index contributed by atoms with van der Waals surface area (Å²) in [5, 5.41) is 10.8. The lowest BCUT2D eigenvalue weighted by atomic mass is 9.78. The van der Waals surface area contributed by atoms with Crippen LogP contribution in [0.15, 0.2) is 0 Å². The van der Waals surface area contributed by atoms with Gasteiger partial charge in [-0.15, -0.1) is 0 Å². The van der Waals surface area contributed by atoms with E-state index in [9.17, 15) is 5.11 Å². The molecule has 1 N–H and O–H groups in total. The standard InChI is InChI=1S/C13H22O/c1-12(8-4-5-9-12)13(14)10-6-2-3-7-11(10)13/h10-11,14H,2-9H2,1H3. The van der Waals surface area contributed by atoms with E-state index in [1.54, 1.807) is 0 Å². The lowest BCUT2D eigenvalue weighted by Gasteiger charge is -2.32. The van der Waals surface area contributed by atoms with Crippen LogP contribution in [0.4, 0.5) is 0 Å². The predicted molar refractivity (Wildman–Crippen MR) is 57.0 cm³/mol. The number of hydrogen-bond donors (Lipinski definition) is 1. The number of fused-ring (bicyclic) bond motifs is 1. The predicted octanol–water partition coefficient (Wildman–Crippen LogP) is 3.12. The molecule has 3 fully saturated rings. The van der Waals surface area contributed by atoms with Gasteiger partial charge in [0.05, 0.1) is 5.60 Å². The van der Waals surface area contributed by atoms with Gasteiger partial charge < -0.3 is 5.11 Å². The monoisotopic (exact) mass is 194 g/mol. The SMILES string of the molecule is CC1(C2(O)C3CCCCC32)CCCC1. The summed E-state index contributed by atoms with van der Waals surface area (Å²) in [5.41, 5.74) is 0.0483. The minimum absolute atomic E-state index is 0.236. The van der Waals surface area contributed by atoms with Crippen molar-refractivity contribution in [2.24, 2.45) is 17.3 Å². The Morgan fingerprint density at radius 1 is 0.929 bits per heavy atom. The minimum Gasteiger partial charge on any atom is -0.389 e. The molecule has 3 aliphatic carbocycles. The summed E-state index contributed by atoms with van der Waals surface area (Å²) in [5.74, 6) is 1.36. The van der Waals surface area contributed by atoms with E-state index in [0.29, 0.717) is 11.8 Å². The molecule has 14 heavy (non-hydrogen) atoms. The molecular formula is C13H22O. The Hall–Kier alpha value is -0.0400. The van der Waals surface area contributed by atoms with Gasteiger partial charge in [-0.25, -0.2) is 0 Å². The largest absolute Gasteiger partial charge is 0.389 e. The van der Waals surface area contributed by atoms with Gasteiger partial charge in [-0.05, 0) is 42.9 Å². The normalized spacial score (nSPS) is 50.1. The summed E-state index contributed by atoms with van der Waals surface area (Å²) in [6.45, 7) is 2.35. The maximum atomic E-state index is 10.8. The first kappa shape index (κ1) is 9.21. The van der Waals surface area contributed by atoms with Crippen molar-refractivity contribution in [1.29, 1.82) is 0 Å². The highest BCUT2D eigenvalue weighted by Crippen LogP contribution is 2.69. The summed E-state index contributed by atoms with van der Waals surface area (Å²) in [6, 6.07) is 0. The van der Waals surface area contributed by atoms with Crippen molar-refractivity contribution in [3.05, 3.63) is 0 Å². The summed E-state index contributed by atoms with van der Waals surface area (Å²) >= 11 is 0. The van der Waals surface area contributed by atoms with Crippen molar-refractivity contribution < 1.29 is 5.11 Å². The van der Waals surface area contributed by atoms with Crippen LogP contribution in [-0.4, -0.2) is 10.7 Å². The first-order chi connectivity index (χ1) is 6.68. The summed E-state index contributed by atoms with van der Waals surface area (Å²) in [4.78, 5) is 0. The fourth-order valence-corrected chi connectivity index (χ4v) is 4.54. The molecule has 0 aliphatic heterocycles. The molecule has 0 spiro atoms. The van der Waals surface area contributed by atoms with Gasteiger partial charge in [-0.2, -0.15) is 0 Å². The van der Waals surface area contributed by atoms with Crippen molar-refractivity contribution in [3.63, 3.8) is 0 Å². The van der Waals surface area contributed by atoms with E-state index in [1.165, 1.54) is 51.4 Å². The Morgan fingerprint density at radius 2 is 1.43 bits per heavy atom. The average Bonchev–Trinajstić information content (AvgIpc) is 2.59. The summed E-state index contributed by atoms with van der Waals surface area (Å²) in [7, 11) is 0. The maximum Gasteiger partial charge on any atom is 0.0764 e. The third-order valence-electron chi connectivity index (χ3n) is 5.46. The van der Waals surface area contributed by atoms with Crippen LogP contribution >= 0.6 is 0 Å². The van der Waals surface area contributed by atoms with Crippen LogP contribution in [0.25, 0.3) is 0 Å². The third kappa shape index (κ3) is 0.946. The van der Waals surface area contributed by atoms with Crippen LogP contribution in [0.5, 0.6) is 0 Å². The molecule has 0 bridgehead atoms. The van der Waals surface area contributed by atoms with E-state index in [0.717, 1.165) is 0 Å². The average molecular weight is 194 g/mol. The molecule has 2 atom stereocenters.